The van der Waals surface area contributed by atoms with Crippen molar-refractivity contribution >= 4 is 17.5 Å². The smallest absolute Gasteiger partial charge is 0.210 e. The summed E-state index contributed by atoms with van der Waals surface area (Å²) in [7, 11) is 0. The van der Waals surface area contributed by atoms with Gasteiger partial charge in [0.25, 0.3) is 0 Å². The first-order chi connectivity index (χ1) is 13.1. The van der Waals surface area contributed by atoms with Crippen LogP contribution < -0.4 is 0 Å². The molecule has 4 rings (SSSR count). The van der Waals surface area contributed by atoms with Crippen molar-refractivity contribution in [2.45, 2.75) is 76.2 Å². The van der Waals surface area contributed by atoms with Gasteiger partial charge in [0.2, 0.25) is 5.16 Å². The molecule has 8 heteroatoms. The molecule has 2 aromatic heterocycles. The Balaban J connectivity index is 1.42. The van der Waals surface area contributed by atoms with E-state index >= 15 is 0 Å². The summed E-state index contributed by atoms with van der Waals surface area (Å²) in [6.45, 7) is 5.77. The van der Waals surface area contributed by atoms with E-state index in [4.69, 9.17) is 4.74 Å². The third-order valence-corrected chi connectivity index (χ3v) is 6.68. The van der Waals surface area contributed by atoms with Crippen LogP contribution in [0.4, 0.5) is 0 Å². The zero-order valence-electron chi connectivity index (χ0n) is 16.1. The SMILES string of the molecule is Cc1cc(C(=O)CSc2nnnn2C2CCCC2)c(C)n1C[C@H]1CCCO1. The molecule has 0 aromatic carbocycles. The summed E-state index contributed by atoms with van der Waals surface area (Å²) < 4.78 is 9.89. The highest BCUT2D eigenvalue weighted by atomic mass is 32.2. The van der Waals surface area contributed by atoms with Gasteiger partial charge in [0.1, 0.15) is 0 Å². The molecule has 1 saturated heterocycles. The standard InChI is InChI=1S/C19H27N5O2S/c1-13-10-17(14(2)23(13)11-16-8-5-9-26-16)18(25)12-27-19-20-21-22-24(19)15-6-3-4-7-15/h10,15-16H,3-9,11-12H2,1-2H3/t16-/m1/s1. The van der Waals surface area contributed by atoms with Gasteiger partial charge in [-0.1, -0.05) is 24.6 Å². The molecular weight excluding hydrogens is 362 g/mol. The average molecular weight is 390 g/mol. The molecular formula is C19H27N5O2S. The second kappa shape index (κ2) is 8.14. The number of thioether (sulfide) groups is 1. The minimum absolute atomic E-state index is 0.132. The maximum absolute atomic E-state index is 12.9. The molecule has 1 aliphatic heterocycles. The Hall–Kier alpha value is -1.67. The van der Waals surface area contributed by atoms with Gasteiger partial charge in [0.15, 0.2) is 5.78 Å². The van der Waals surface area contributed by atoms with Crippen molar-refractivity contribution < 1.29 is 9.53 Å². The van der Waals surface area contributed by atoms with Crippen LogP contribution in [0, 0.1) is 13.8 Å². The fourth-order valence-corrected chi connectivity index (χ4v) is 5.05. The van der Waals surface area contributed by atoms with Crippen LogP contribution in [0.25, 0.3) is 0 Å². The molecule has 27 heavy (non-hydrogen) atoms. The normalized spacial score (nSPS) is 20.6. The van der Waals surface area contributed by atoms with E-state index in [9.17, 15) is 4.79 Å². The predicted molar refractivity (Wildman–Crippen MR) is 103 cm³/mol. The number of tetrazole rings is 1. The average Bonchev–Trinajstić information content (AvgIpc) is 3.43. The van der Waals surface area contributed by atoms with Crippen LogP contribution >= 0.6 is 11.8 Å². The van der Waals surface area contributed by atoms with E-state index in [2.05, 4.69) is 27.0 Å². The lowest BCUT2D eigenvalue weighted by molar-refractivity contribution is 0.0957. The van der Waals surface area contributed by atoms with Crippen molar-refractivity contribution in [3.05, 3.63) is 23.0 Å². The molecule has 2 aromatic rings. The van der Waals surface area contributed by atoms with Gasteiger partial charge in [-0.15, -0.1) is 5.10 Å². The molecule has 1 aliphatic carbocycles. The molecule has 3 heterocycles. The molecule has 2 fully saturated rings. The monoisotopic (exact) mass is 389 g/mol. The fourth-order valence-electron chi connectivity index (χ4n) is 4.22. The molecule has 0 unspecified atom stereocenters. The molecule has 0 radical (unpaired) electrons. The summed E-state index contributed by atoms with van der Waals surface area (Å²) in [6.07, 6.45) is 7.19. The highest BCUT2D eigenvalue weighted by Gasteiger charge is 2.24. The second-order valence-corrected chi connectivity index (χ2v) is 8.53. The lowest BCUT2D eigenvalue weighted by atomic mass is 10.2. The first-order valence-electron chi connectivity index (χ1n) is 9.85. The van der Waals surface area contributed by atoms with Gasteiger partial charge in [-0.05, 0) is 56.0 Å². The number of rotatable bonds is 7. The predicted octanol–water partition coefficient (Wildman–Crippen LogP) is 3.36. The van der Waals surface area contributed by atoms with Crippen molar-refractivity contribution in [2.75, 3.05) is 12.4 Å². The van der Waals surface area contributed by atoms with E-state index in [1.54, 1.807) is 0 Å². The molecule has 0 bridgehead atoms. The van der Waals surface area contributed by atoms with Gasteiger partial charge >= 0.3 is 0 Å². The molecule has 0 spiro atoms. The first kappa shape index (κ1) is 18.7. The Morgan fingerprint density at radius 2 is 2.07 bits per heavy atom. The summed E-state index contributed by atoms with van der Waals surface area (Å²) in [5.74, 6) is 0.491. The minimum Gasteiger partial charge on any atom is -0.376 e. The lowest BCUT2D eigenvalue weighted by Crippen LogP contribution is -2.17. The summed E-state index contributed by atoms with van der Waals surface area (Å²) >= 11 is 1.44. The van der Waals surface area contributed by atoms with Crippen LogP contribution in [0.15, 0.2) is 11.2 Å². The summed E-state index contributed by atoms with van der Waals surface area (Å²) in [5, 5.41) is 12.9. The Morgan fingerprint density at radius 3 is 2.81 bits per heavy atom. The summed E-state index contributed by atoms with van der Waals surface area (Å²) in [5.41, 5.74) is 2.95. The Morgan fingerprint density at radius 1 is 1.26 bits per heavy atom. The molecule has 2 aliphatic rings. The quantitative estimate of drug-likeness (QED) is 0.534. The van der Waals surface area contributed by atoms with E-state index in [1.165, 1.54) is 24.6 Å². The van der Waals surface area contributed by atoms with Gasteiger partial charge in [0.05, 0.1) is 17.9 Å². The summed E-state index contributed by atoms with van der Waals surface area (Å²) in [4.78, 5) is 12.9. The van der Waals surface area contributed by atoms with Gasteiger partial charge in [-0.2, -0.15) is 0 Å². The third kappa shape index (κ3) is 3.96. The number of aryl methyl sites for hydroxylation is 1. The van der Waals surface area contributed by atoms with E-state index in [-0.39, 0.29) is 11.9 Å². The van der Waals surface area contributed by atoms with E-state index < -0.39 is 0 Å². The number of nitrogens with zero attached hydrogens (tertiary/aromatic N) is 5. The minimum atomic E-state index is 0.132. The number of hydrogen-bond acceptors (Lipinski definition) is 6. The third-order valence-electron chi connectivity index (χ3n) is 5.75. The van der Waals surface area contributed by atoms with Gasteiger partial charge in [0, 0.05) is 30.1 Å². The maximum Gasteiger partial charge on any atom is 0.210 e. The number of ketones is 1. The molecule has 0 N–H and O–H groups in total. The maximum atomic E-state index is 12.9. The molecule has 0 amide bonds. The topological polar surface area (TPSA) is 74.8 Å². The van der Waals surface area contributed by atoms with Crippen molar-refractivity contribution in [1.29, 1.82) is 0 Å². The highest BCUT2D eigenvalue weighted by molar-refractivity contribution is 7.99. The number of carbonyl (C=O) groups excluding carboxylic acids is 1. The van der Waals surface area contributed by atoms with Gasteiger partial charge in [-0.25, -0.2) is 4.68 Å². The van der Waals surface area contributed by atoms with Crippen molar-refractivity contribution in [3.63, 3.8) is 0 Å². The number of carbonyl (C=O) groups is 1. The number of Topliss-reactive ketones (excluding diaryl/α,β-unsaturated/α-hetero) is 1. The van der Waals surface area contributed by atoms with E-state index in [0.717, 1.165) is 60.9 Å². The van der Waals surface area contributed by atoms with Crippen molar-refractivity contribution in [2.24, 2.45) is 0 Å². The number of aromatic nitrogens is 5. The van der Waals surface area contributed by atoms with Crippen LogP contribution in [0.1, 0.15) is 66.3 Å². The first-order valence-corrected chi connectivity index (χ1v) is 10.8. The molecule has 1 saturated carbocycles. The van der Waals surface area contributed by atoms with Crippen LogP contribution in [-0.4, -0.2) is 49.0 Å². The van der Waals surface area contributed by atoms with Crippen LogP contribution in [0.3, 0.4) is 0 Å². The Kier molecular flexibility index (Phi) is 5.63. The van der Waals surface area contributed by atoms with Crippen molar-refractivity contribution in [3.8, 4) is 0 Å². The van der Waals surface area contributed by atoms with Crippen molar-refractivity contribution in [1.82, 2.24) is 24.8 Å². The largest absolute Gasteiger partial charge is 0.376 e. The lowest BCUT2D eigenvalue weighted by Gasteiger charge is -2.14. The van der Waals surface area contributed by atoms with E-state index in [0.29, 0.717) is 11.8 Å². The zero-order chi connectivity index (χ0) is 18.8. The van der Waals surface area contributed by atoms with Crippen LogP contribution in [0.5, 0.6) is 0 Å². The fraction of sp³-hybridized carbons (Fsp3) is 0.684. The highest BCUT2D eigenvalue weighted by Crippen LogP contribution is 2.31. The Labute approximate surface area is 163 Å². The second-order valence-electron chi connectivity index (χ2n) is 7.59. The number of hydrogen-bond donors (Lipinski definition) is 0. The molecule has 146 valence electrons. The van der Waals surface area contributed by atoms with Crippen LogP contribution in [0.2, 0.25) is 0 Å². The molecule has 1 atom stereocenters. The van der Waals surface area contributed by atoms with Gasteiger partial charge < -0.3 is 9.30 Å². The Bertz CT molecular complexity index is 803. The number of ether oxygens (including phenoxy) is 1. The van der Waals surface area contributed by atoms with Gasteiger partial charge in [-0.3, -0.25) is 4.79 Å². The van der Waals surface area contributed by atoms with Crippen LogP contribution in [-0.2, 0) is 11.3 Å². The molecule has 7 nitrogen and oxygen atoms in total. The zero-order valence-corrected chi connectivity index (χ0v) is 16.9. The van der Waals surface area contributed by atoms with E-state index in [1.807, 2.05) is 17.7 Å². The summed E-state index contributed by atoms with van der Waals surface area (Å²) in [6, 6.07) is 2.39.